The normalized spacial score (nSPS) is 17.2. The van der Waals surface area contributed by atoms with Gasteiger partial charge in [-0.2, -0.15) is 0 Å². The van der Waals surface area contributed by atoms with Gasteiger partial charge < -0.3 is 10.7 Å². The van der Waals surface area contributed by atoms with Gasteiger partial charge in [0.05, 0.1) is 10.5 Å². The summed E-state index contributed by atoms with van der Waals surface area (Å²) in [5.41, 5.74) is 8.86. The van der Waals surface area contributed by atoms with Crippen LogP contribution in [0.3, 0.4) is 0 Å². The number of aromatic nitrogens is 4. The van der Waals surface area contributed by atoms with E-state index in [1.54, 1.807) is 0 Å². The molecule has 0 amide bonds. The summed E-state index contributed by atoms with van der Waals surface area (Å²) in [5.74, 6) is 2.34. The number of nitrogen functional groups attached to an aromatic ring is 1. The highest BCUT2D eigenvalue weighted by Gasteiger charge is 2.23. The summed E-state index contributed by atoms with van der Waals surface area (Å²) in [5, 5.41) is 1.11. The third kappa shape index (κ3) is 4.34. The van der Waals surface area contributed by atoms with Gasteiger partial charge in [-0.05, 0) is 31.0 Å². The third-order valence-electron chi connectivity index (χ3n) is 4.44. The van der Waals surface area contributed by atoms with Crippen molar-refractivity contribution in [1.29, 1.82) is 0 Å². The van der Waals surface area contributed by atoms with Crippen LogP contribution < -0.4 is 5.73 Å². The van der Waals surface area contributed by atoms with Crippen molar-refractivity contribution in [3.63, 3.8) is 0 Å². The second-order valence-electron chi connectivity index (χ2n) is 6.17. The van der Waals surface area contributed by atoms with Crippen LogP contribution in [-0.4, -0.2) is 43.7 Å². The van der Waals surface area contributed by atoms with Gasteiger partial charge in [0.2, 0.25) is 0 Å². The minimum Gasteiger partial charge on any atom is -0.382 e. The molecule has 0 aliphatic carbocycles. The number of nitrogens with one attached hydrogen (secondary N) is 1. The number of rotatable bonds is 5. The molecule has 4 heterocycles. The molecule has 0 unspecified atom stereocenters. The fourth-order valence-electron chi connectivity index (χ4n) is 3.20. The van der Waals surface area contributed by atoms with Crippen molar-refractivity contribution in [2.45, 2.75) is 31.8 Å². The number of hydrogen-bond donors (Lipinski definition) is 2. The van der Waals surface area contributed by atoms with Crippen molar-refractivity contribution in [1.82, 2.24) is 24.8 Å². The Morgan fingerprint density at radius 3 is 2.96 bits per heavy atom. The number of thioether (sulfide) groups is 1. The average Bonchev–Trinajstić information content (AvgIpc) is 3.31. The van der Waals surface area contributed by atoms with Gasteiger partial charge >= 0.3 is 0 Å². The third-order valence-corrected chi connectivity index (χ3v) is 5.62. The predicted octanol–water partition coefficient (Wildman–Crippen LogP) is 3.58. The second kappa shape index (κ2) is 9.00. The monoisotopic (exact) mass is 370 g/mol. The fraction of sp³-hybridized carbons (Fsp3) is 0.421. The molecule has 1 aliphatic heterocycles. The summed E-state index contributed by atoms with van der Waals surface area (Å²) in [6.07, 6.45) is 6.63. The number of nitrogens with two attached hydrogens (primary N) is 1. The minimum absolute atomic E-state index is 0.511. The van der Waals surface area contributed by atoms with Crippen molar-refractivity contribution < 1.29 is 0 Å². The first-order valence-electron chi connectivity index (χ1n) is 9.12. The first kappa shape index (κ1) is 18.7. The molecule has 3 N–H and O–H groups in total. The van der Waals surface area contributed by atoms with E-state index in [0.717, 1.165) is 41.4 Å². The van der Waals surface area contributed by atoms with E-state index < -0.39 is 0 Å². The quantitative estimate of drug-likeness (QED) is 0.668. The summed E-state index contributed by atoms with van der Waals surface area (Å²) in [6.45, 7) is 7.15. The van der Waals surface area contributed by atoms with E-state index in [2.05, 4.69) is 30.9 Å². The molecule has 6 nitrogen and oxygen atoms in total. The Balaban J connectivity index is 0.000000948. The number of H-pyrrole nitrogens is 1. The lowest BCUT2D eigenvalue weighted by atomic mass is 10.2. The molecule has 1 atom stereocenters. The summed E-state index contributed by atoms with van der Waals surface area (Å²) >= 11 is 1.85. The lowest BCUT2D eigenvalue weighted by Crippen LogP contribution is -2.20. The number of nitrogens with zero attached hydrogens (tertiary/aromatic N) is 4. The second-order valence-corrected chi connectivity index (χ2v) is 7.21. The molecule has 1 aliphatic rings. The van der Waals surface area contributed by atoms with Gasteiger partial charge in [0.25, 0.3) is 0 Å². The lowest BCUT2D eigenvalue weighted by molar-refractivity contribution is 0.322. The zero-order valence-corrected chi connectivity index (χ0v) is 16.2. The van der Waals surface area contributed by atoms with E-state index >= 15 is 0 Å². The maximum atomic E-state index is 5.89. The molecule has 0 aromatic carbocycles. The largest absolute Gasteiger partial charge is 0.382 e. The summed E-state index contributed by atoms with van der Waals surface area (Å²) in [7, 11) is 0. The molecule has 0 bridgehead atoms. The van der Waals surface area contributed by atoms with Crippen molar-refractivity contribution in [2.75, 3.05) is 24.6 Å². The van der Waals surface area contributed by atoms with E-state index in [-0.39, 0.29) is 0 Å². The number of likely N-dealkylation sites (tertiary alicyclic amines) is 1. The Morgan fingerprint density at radius 2 is 2.15 bits per heavy atom. The molecular weight excluding hydrogens is 344 g/mol. The van der Waals surface area contributed by atoms with Gasteiger partial charge in [-0.25, -0.2) is 15.0 Å². The molecule has 0 radical (unpaired) electrons. The Bertz CT molecular complexity index is 819. The molecule has 26 heavy (non-hydrogen) atoms. The summed E-state index contributed by atoms with van der Waals surface area (Å²) in [4.78, 5) is 18.5. The van der Waals surface area contributed by atoms with Gasteiger partial charge in [-0.1, -0.05) is 19.9 Å². The van der Waals surface area contributed by atoms with Crippen LogP contribution in [0.4, 0.5) is 5.82 Å². The van der Waals surface area contributed by atoms with Crippen LogP contribution in [-0.2, 0) is 6.54 Å². The van der Waals surface area contributed by atoms with E-state index in [1.165, 1.54) is 18.3 Å². The molecule has 0 saturated carbocycles. The van der Waals surface area contributed by atoms with Gasteiger partial charge in [-0.3, -0.25) is 4.90 Å². The Kier molecular flexibility index (Phi) is 6.46. The highest BCUT2D eigenvalue weighted by molar-refractivity contribution is 7.99. The predicted molar refractivity (Wildman–Crippen MR) is 108 cm³/mol. The van der Waals surface area contributed by atoms with Crippen LogP contribution in [0, 0.1) is 5.92 Å². The molecule has 1 saturated heterocycles. The lowest BCUT2D eigenvalue weighted by Gasteiger charge is -2.15. The van der Waals surface area contributed by atoms with E-state index in [0.29, 0.717) is 11.7 Å². The summed E-state index contributed by atoms with van der Waals surface area (Å²) < 4.78 is 0. The Morgan fingerprint density at radius 1 is 1.27 bits per heavy atom. The van der Waals surface area contributed by atoms with Crippen LogP contribution in [0.2, 0.25) is 0 Å². The maximum absolute atomic E-state index is 5.89. The van der Waals surface area contributed by atoms with Gasteiger partial charge in [0, 0.05) is 36.8 Å². The highest BCUT2D eigenvalue weighted by Crippen LogP contribution is 2.27. The number of aromatic amines is 1. The molecule has 138 valence electrons. The van der Waals surface area contributed by atoms with Gasteiger partial charge in [-0.15, -0.1) is 11.8 Å². The molecule has 1 fully saturated rings. The smallest absolute Gasteiger partial charge is 0.151 e. The number of fused-ring (bicyclic) bond motifs is 1. The fourth-order valence-corrected chi connectivity index (χ4v) is 4.19. The topological polar surface area (TPSA) is 83.7 Å². The first-order chi connectivity index (χ1) is 12.8. The maximum Gasteiger partial charge on any atom is 0.151 e. The van der Waals surface area contributed by atoms with Gasteiger partial charge in [0.1, 0.15) is 11.8 Å². The molecule has 3 aromatic heterocycles. The van der Waals surface area contributed by atoms with E-state index in [1.807, 2.05) is 50.1 Å². The SMILES string of the molecule is CC.Nc1ncnc2c(CN3CC[C@@H](CSc4ccccn4)C3)c[nH]c12. The molecule has 3 aromatic rings. The van der Waals surface area contributed by atoms with Crippen molar-refractivity contribution in [2.24, 2.45) is 5.92 Å². The van der Waals surface area contributed by atoms with Crippen molar-refractivity contribution >= 4 is 28.6 Å². The van der Waals surface area contributed by atoms with Crippen molar-refractivity contribution in [3.8, 4) is 0 Å². The highest BCUT2D eigenvalue weighted by atomic mass is 32.2. The Labute approximate surface area is 158 Å². The zero-order valence-electron chi connectivity index (χ0n) is 15.4. The van der Waals surface area contributed by atoms with Crippen molar-refractivity contribution in [3.05, 3.63) is 42.5 Å². The van der Waals surface area contributed by atoms with Crippen LogP contribution >= 0.6 is 11.8 Å². The zero-order chi connectivity index (χ0) is 18.4. The van der Waals surface area contributed by atoms with E-state index in [9.17, 15) is 0 Å². The number of pyridine rings is 1. The molecule has 7 heteroatoms. The van der Waals surface area contributed by atoms with Gasteiger partial charge in [0.15, 0.2) is 5.82 Å². The van der Waals surface area contributed by atoms with Crippen LogP contribution in [0.5, 0.6) is 0 Å². The minimum atomic E-state index is 0.511. The number of anilines is 1. The Hall–Kier alpha value is -2.12. The van der Waals surface area contributed by atoms with Crippen LogP contribution in [0.1, 0.15) is 25.8 Å². The van der Waals surface area contributed by atoms with Crippen LogP contribution in [0.25, 0.3) is 11.0 Å². The first-order valence-corrected chi connectivity index (χ1v) is 10.1. The molecule has 0 spiro atoms. The molecular formula is C19H26N6S. The number of hydrogen-bond acceptors (Lipinski definition) is 6. The average molecular weight is 371 g/mol. The standard InChI is InChI=1S/C17H20N6S.C2H6/c18-17-16-15(21-11-22-17)13(7-20-16)9-23-6-4-12(8-23)10-24-14-3-1-2-5-19-14;1-2/h1-3,5,7,11-12,20H,4,6,8-10H2,(H2,18,21,22);1-2H3/t12-;/m1./s1. The van der Waals surface area contributed by atoms with E-state index in [4.69, 9.17) is 5.73 Å². The van der Waals surface area contributed by atoms with Crippen LogP contribution in [0.15, 0.2) is 41.9 Å². The molecule has 4 rings (SSSR count). The summed E-state index contributed by atoms with van der Waals surface area (Å²) in [6, 6.07) is 6.08.